The Labute approximate surface area is 199 Å². The fourth-order valence-electron chi connectivity index (χ4n) is 3.63. The molecule has 0 saturated heterocycles. The first kappa shape index (κ1) is 26.2. The van der Waals surface area contributed by atoms with E-state index in [9.17, 15) is 27.2 Å². The minimum absolute atomic E-state index is 0.0490. The molecule has 190 valence electrons. The highest BCUT2D eigenvalue weighted by Gasteiger charge is 2.36. The summed E-state index contributed by atoms with van der Waals surface area (Å²) in [7, 11) is 0. The Balaban J connectivity index is 1.94. The van der Waals surface area contributed by atoms with E-state index in [1.807, 2.05) is 20.8 Å². The number of nitrogens with zero attached hydrogens (tertiary/aromatic N) is 1. The third-order valence-corrected chi connectivity index (χ3v) is 5.12. The molecule has 2 amide bonds. The van der Waals surface area contributed by atoms with Gasteiger partial charge in [0.25, 0.3) is 5.91 Å². The van der Waals surface area contributed by atoms with E-state index >= 15 is 4.39 Å². The Morgan fingerprint density at radius 1 is 1.17 bits per heavy atom. The van der Waals surface area contributed by atoms with Crippen molar-refractivity contribution in [2.75, 3.05) is 10.2 Å². The zero-order chi connectivity index (χ0) is 26.3. The summed E-state index contributed by atoms with van der Waals surface area (Å²) in [4.78, 5) is 26.3. The molecule has 0 bridgehead atoms. The van der Waals surface area contributed by atoms with Crippen molar-refractivity contribution in [3.8, 4) is 11.5 Å². The Kier molecular flexibility index (Phi) is 7.01. The van der Waals surface area contributed by atoms with Crippen LogP contribution in [0.5, 0.6) is 11.5 Å². The third kappa shape index (κ3) is 6.20. The molecule has 0 aliphatic carbocycles. The highest BCUT2D eigenvalue weighted by Crippen LogP contribution is 2.42. The van der Waals surface area contributed by atoms with Gasteiger partial charge in [-0.3, -0.25) is 9.59 Å². The van der Waals surface area contributed by atoms with Gasteiger partial charge in [-0.2, -0.15) is 0 Å². The van der Waals surface area contributed by atoms with Crippen molar-refractivity contribution in [3.05, 3.63) is 47.0 Å². The van der Waals surface area contributed by atoms with Gasteiger partial charge in [-0.05, 0) is 48.6 Å². The van der Waals surface area contributed by atoms with Gasteiger partial charge < -0.3 is 19.7 Å². The van der Waals surface area contributed by atoms with Crippen LogP contribution in [0.2, 0.25) is 0 Å². The summed E-state index contributed by atoms with van der Waals surface area (Å²) in [5.41, 5.74) is 0.102. The van der Waals surface area contributed by atoms with Gasteiger partial charge in [0, 0.05) is 6.42 Å². The molecule has 1 aliphatic rings. The van der Waals surface area contributed by atoms with E-state index in [-0.39, 0.29) is 41.1 Å². The Morgan fingerprint density at radius 2 is 1.83 bits per heavy atom. The molecule has 0 saturated carbocycles. The minimum Gasteiger partial charge on any atom is -0.476 e. The molecule has 35 heavy (non-hydrogen) atoms. The molecule has 1 aliphatic heterocycles. The van der Waals surface area contributed by atoms with Crippen molar-refractivity contribution in [2.24, 2.45) is 5.41 Å². The number of ether oxygens (including phenoxy) is 2. The standard InChI is InChI=1S/C24H25F5N2O4/c1-12-8-16-21(19(26)20(12)30-18(32)10-23(3,4)5)34-13(2)22(33)31(16)11-14-6-7-17(15(25)9-14)35-24(27,28)29/h6-9,13H,10-11H2,1-5H3,(H,30,32)/t13-/m0/s1. The molecule has 0 aromatic heterocycles. The summed E-state index contributed by atoms with van der Waals surface area (Å²) in [6.45, 7) is 8.26. The maximum Gasteiger partial charge on any atom is 0.573 e. The second-order valence-electron chi connectivity index (χ2n) is 9.51. The highest BCUT2D eigenvalue weighted by atomic mass is 19.4. The number of carbonyl (C=O) groups is 2. The number of nitrogens with one attached hydrogen (secondary N) is 1. The zero-order valence-corrected chi connectivity index (χ0v) is 19.8. The number of rotatable bonds is 5. The fourth-order valence-corrected chi connectivity index (χ4v) is 3.63. The molecule has 2 aromatic rings. The number of aryl methyl sites for hydroxylation is 1. The topological polar surface area (TPSA) is 67.9 Å². The molecule has 0 unspecified atom stereocenters. The molecule has 1 atom stereocenters. The number of hydrogen-bond donors (Lipinski definition) is 1. The van der Waals surface area contributed by atoms with Gasteiger partial charge in [0.2, 0.25) is 5.91 Å². The SMILES string of the molecule is Cc1cc2c(c(F)c1NC(=O)CC(C)(C)C)O[C@@H](C)C(=O)N2Cc1ccc(OC(F)(F)F)c(F)c1. The molecule has 3 rings (SSSR count). The van der Waals surface area contributed by atoms with Gasteiger partial charge in [-0.25, -0.2) is 8.78 Å². The quantitative estimate of drug-likeness (QED) is 0.523. The lowest BCUT2D eigenvalue weighted by Gasteiger charge is -2.34. The van der Waals surface area contributed by atoms with Gasteiger partial charge in [0.05, 0.1) is 17.9 Å². The smallest absolute Gasteiger partial charge is 0.476 e. The zero-order valence-electron chi connectivity index (χ0n) is 19.8. The number of benzene rings is 2. The van der Waals surface area contributed by atoms with E-state index < -0.39 is 41.7 Å². The summed E-state index contributed by atoms with van der Waals surface area (Å²) in [6, 6.07) is 4.22. The summed E-state index contributed by atoms with van der Waals surface area (Å²) in [5.74, 6) is -4.38. The van der Waals surface area contributed by atoms with Crippen molar-refractivity contribution < 1.29 is 41.0 Å². The van der Waals surface area contributed by atoms with E-state index in [0.29, 0.717) is 5.56 Å². The summed E-state index contributed by atoms with van der Waals surface area (Å²) >= 11 is 0. The summed E-state index contributed by atoms with van der Waals surface area (Å²) in [6.07, 6.45) is -6.02. The molecule has 0 fully saturated rings. The first-order valence-electron chi connectivity index (χ1n) is 10.7. The lowest BCUT2D eigenvalue weighted by atomic mass is 9.92. The summed E-state index contributed by atoms with van der Waals surface area (Å²) in [5, 5.41) is 2.56. The number of carbonyl (C=O) groups excluding carboxylic acids is 2. The van der Waals surface area contributed by atoms with Crippen molar-refractivity contribution >= 4 is 23.2 Å². The predicted molar refractivity (Wildman–Crippen MR) is 118 cm³/mol. The largest absolute Gasteiger partial charge is 0.573 e. The number of hydrogen-bond acceptors (Lipinski definition) is 4. The first-order valence-corrected chi connectivity index (χ1v) is 10.7. The van der Waals surface area contributed by atoms with Crippen LogP contribution in [0.25, 0.3) is 0 Å². The average molecular weight is 500 g/mol. The fraction of sp³-hybridized carbons (Fsp3) is 0.417. The van der Waals surface area contributed by atoms with Gasteiger partial charge in [-0.1, -0.05) is 26.8 Å². The van der Waals surface area contributed by atoms with Gasteiger partial charge >= 0.3 is 6.36 Å². The molecule has 1 heterocycles. The Hall–Kier alpha value is -3.37. The molecule has 1 N–H and O–H groups in total. The van der Waals surface area contributed by atoms with Crippen molar-refractivity contribution in [1.29, 1.82) is 0 Å². The van der Waals surface area contributed by atoms with Crippen LogP contribution < -0.4 is 19.7 Å². The maximum atomic E-state index is 15.4. The Bertz CT molecular complexity index is 1160. The lowest BCUT2D eigenvalue weighted by Crippen LogP contribution is -2.44. The van der Waals surface area contributed by atoms with E-state index in [4.69, 9.17) is 4.74 Å². The number of fused-ring (bicyclic) bond motifs is 1. The second-order valence-corrected chi connectivity index (χ2v) is 9.51. The van der Waals surface area contributed by atoms with Crippen LogP contribution in [0.4, 0.5) is 33.3 Å². The molecule has 0 spiro atoms. The molecular weight excluding hydrogens is 475 g/mol. The van der Waals surface area contributed by atoms with Crippen LogP contribution in [0, 0.1) is 24.0 Å². The second kappa shape index (κ2) is 9.35. The van der Waals surface area contributed by atoms with E-state index in [0.717, 1.165) is 17.0 Å². The van der Waals surface area contributed by atoms with E-state index in [2.05, 4.69) is 10.1 Å². The number of amides is 2. The lowest BCUT2D eigenvalue weighted by molar-refractivity contribution is -0.275. The van der Waals surface area contributed by atoms with Gasteiger partial charge in [0.15, 0.2) is 29.2 Å². The maximum absolute atomic E-state index is 15.4. The van der Waals surface area contributed by atoms with Gasteiger partial charge in [-0.15, -0.1) is 13.2 Å². The van der Waals surface area contributed by atoms with Crippen LogP contribution in [-0.4, -0.2) is 24.3 Å². The van der Waals surface area contributed by atoms with Crippen LogP contribution in [0.15, 0.2) is 24.3 Å². The number of halogens is 5. The van der Waals surface area contributed by atoms with Crippen molar-refractivity contribution in [2.45, 2.75) is 60.1 Å². The Morgan fingerprint density at radius 3 is 2.40 bits per heavy atom. The first-order chi connectivity index (χ1) is 16.1. The highest BCUT2D eigenvalue weighted by molar-refractivity contribution is 6.01. The normalized spacial score (nSPS) is 16.0. The van der Waals surface area contributed by atoms with E-state index in [1.54, 1.807) is 6.92 Å². The number of alkyl halides is 3. The van der Waals surface area contributed by atoms with Crippen molar-refractivity contribution in [1.82, 2.24) is 0 Å². The van der Waals surface area contributed by atoms with Crippen LogP contribution in [0.3, 0.4) is 0 Å². The van der Waals surface area contributed by atoms with Crippen LogP contribution in [0.1, 0.15) is 45.2 Å². The number of anilines is 2. The molecular formula is C24H25F5N2O4. The van der Waals surface area contributed by atoms with Gasteiger partial charge in [0.1, 0.15) is 0 Å². The average Bonchev–Trinajstić information content (AvgIpc) is 2.69. The predicted octanol–water partition coefficient (Wildman–Crippen LogP) is 5.86. The summed E-state index contributed by atoms with van der Waals surface area (Å²) < 4.78 is 75.9. The third-order valence-electron chi connectivity index (χ3n) is 5.12. The van der Waals surface area contributed by atoms with Crippen LogP contribution in [-0.2, 0) is 16.1 Å². The van der Waals surface area contributed by atoms with Crippen molar-refractivity contribution in [3.63, 3.8) is 0 Å². The monoisotopic (exact) mass is 500 g/mol. The molecule has 2 aromatic carbocycles. The molecule has 0 radical (unpaired) electrons. The van der Waals surface area contributed by atoms with Crippen LogP contribution >= 0.6 is 0 Å². The minimum atomic E-state index is -5.06. The van der Waals surface area contributed by atoms with E-state index in [1.165, 1.54) is 19.1 Å². The molecule has 11 heteroatoms. The molecule has 6 nitrogen and oxygen atoms in total.